The highest BCUT2D eigenvalue weighted by atomic mass is 19.3. The molecule has 1 saturated heterocycles. The highest BCUT2D eigenvalue weighted by Crippen LogP contribution is 2.15. The van der Waals surface area contributed by atoms with Gasteiger partial charge in [0.1, 0.15) is 0 Å². The zero-order valence-electron chi connectivity index (χ0n) is 7.50. The van der Waals surface area contributed by atoms with Crippen LogP contribution in [0.1, 0.15) is 19.8 Å². The van der Waals surface area contributed by atoms with E-state index in [2.05, 4.69) is 4.74 Å². The number of carbonyl (C=O) groups is 1. The number of halogens is 2. The summed E-state index contributed by atoms with van der Waals surface area (Å²) in [4.78, 5) is 12.5. The molecular weight excluding hydrogens is 180 g/mol. The van der Waals surface area contributed by atoms with Gasteiger partial charge in [0.15, 0.2) is 0 Å². The van der Waals surface area contributed by atoms with E-state index in [4.69, 9.17) is 0 Å². The fraction of sp³-hybridized carbons (Fsp3) is 0.875. The van der Waals surface area contributed by atoms with Gasteiger partial charge in [-0.15, -0.1) is 0 Å². The van der Waals surface area contributed by atoms with Crippen molar-refractivity contribution in [3.63, 3.8) is 0 Å². The van der Waals surface area contributed by atoms with Gasteiger partial charge in [0.05, 0.1) is 6.10 Å². The predicted molar refractivity (Wildman–Crippen MR) is 42.4 cm³/mol. The third-order valence-electron chi connectivity index (χ3n) is 2.12. The first-order valence-electron chi connectivity index (χ1n) is 4.28. The Morgan fingerprint density at radius 2 is 2.31 bits per heavy atom. The minimum atomic E-state index is -2.74. The summed E-state index contributed by atoms with van der Waals surface area (Å²) in [6.07, 6.45) is 0.836. The molecule has 1 amide bonds. The molecule has 0 aromatic rings. The van der Waals surface area contributed by atoms with Crippen molar-refractivity contribution in [3.05, 3.63) is 0 Å². The van der Waals surface area contributed by atoms with Crippen LogP contribution >= 0.6 is 0 Å². The van der Waals surface area contributed by atoms with Gasteiger partial charge in [-0.2, -0.15) is 8.78 Å². The summed E-state index contributed by atoms with van der Waals surface area (Å²) < 4.78 is 28.0. The minimum Gasteiger partial charge on any atom is -0.340 e. The standard InChI is InChI=1S/C8H13F2NO2/c1-6(12)11-4-2-3-7(5-11)13-8(9)10/h7-8H,2-5H2,1H3. The molecule has 5 heteroatoms. The number of hydrogen-bond donors (Lipinski definition) is 0. The lowest BCUT2D eigenvalue weighted by Gasteiger charge is -2.31. The molecule has 0 radical (unpaired) electrons. The van der Waals surface area contributed by atoms with Crippen LogP contribution in [0.5, 0.6) is 0 Å². The van der Waals surface area contributed by atoms with Crippen LogP contribution in [0.15, 0.2) is 0 Å². The maximum atomic E-state index is 11.8. The van der Waals surface area contributed by atoms with Gasteiger partial charge in [-0.3, -0.25) is 4.79 Å². The fourth-order valence-electron chi connectivity index (χ4n) is 1.48. The summed E-state index contributed by atoms with van der Waals surface area (Å²) >= 11 is 0. The van der Waals surface area contributed by atoms with E-state index in [1.807, 2.05) is 0 Å². The summed E-state index contributed by atoms with van der Waals surface area (Å²) in [6.45, 7) is -0.361. The van der Waals surface area contributed by atoms with Gasteiger partial charge in [-0.25, -0.2) is 0 Å². The molecule has 76 valence electrons. The quantitative estimate of drug-likeness (QED) is 0.660. The third-order valence-corrected chi connectivity index (χ3v) is 2.12. The zero-order chi connectivity index (χ0) is 9.84. The fourth-order valence-corrected chi connectivity index (χ4v) is 1.48. The second-order valence-electron chi connectivity index (χ2n) is 3.13. The lowest BCUT2D eigenvalue weighted by molar-refractivity contribution is -0.177. The van der Waals surface area contributed by atoms with Gasteiger partial charge in [0.2, 0.25) is 5.91 Å². The molecule has 1 aliphatic heterocycles. The van der Waals surface area contributed by atoms with Gasteiger partial charge >= 0.3 is 6.61 Å². The molecule has 1 rings (SSSR count). The number of hydrogen-bond acceptors (Lipinski definition) is 2. The Bertz CT molecular complexity index is 187. The Hall–Kier alpha value is -0.710. The van der Waals surface area contributed by atoms with Gasteiger partial charge in [-0.1, -0.05) is 0 Å². The molecule has 1 atom stereocenters. The smallest absolute Gasteiger partial charge is 0.340 e. The molecule has 0 aromatic carbocycles. The van der Waals surface area contributed by atoms with E-state index >= 15 is 0 Å². The number of amides is 1. The zero-order valence-corrected chi connectivity index (χ0v) is 7.50. The SMILES string of the molecule is CC(=O)N1CCCC(OC(F)F)C1. The summed E-state index contributed by atoms with van der Waals surface area (Å²) in [6, 6.07) is 0. The van der Waals surface area contributed by atoms with Crippen molar-refractivity contribution in [2.75, 3.05) is 13.1 Å². The number of carbonyl (C=O) groups excluding carboxylic acids is 1. The summed E-state index contributed by atoms with van der Waals surface area (Å²) in [5.74, 6) is -0.0810. The molecule has 3 nitrogen and oxygen atoms in total. The van der Waals surface area contributed by atoms with Crippen LogP contribution in [0, 0.1) is 0 Å². The van der Waals surface area contributed by atoms with Crippen LogP contribution in [0.25, 0.3) is 0 Å². The molecule has 0 bridgehead atoms. The van der Waals surface area contributed by atoms with Crippen molar-refractivity contribution in [3.8, 4) is 0 Å². The van der Waals surface area contributed by atoms with Crippen molar-refractivity contribution in [1.82, 2.24) is 4.90 Å². The van der Waals surface area contributed by atoms with Crippen LogP contribution in [-0.2, 0) is 9.53 Å². The minimum absolute atomic E-state index is 0.0810. The lowest BCUT2D eigenvalue weighted by Crippen LogP contribution is -2.42. The number of ether oxygens (including phenoxy) is 1. The Balaban J connectivity index is 2.37. The van der Waals surface area contributed by atoms with E-state index < -0.39 is 12.7 Å². The maximum absolute atomic E-state index is 11.8. The largest absolute Gasteiger partial charge is 0.345 e. The lowest BCUT2D eigenvalue weighted by atomic mass is 10.1. The second-order valence-corrected chi connectivity index (χ2v) is 3.13. The molecule has 0 spiro atoms. The summed E-state index contributed by atoms with van der Waals surface area (Å²) in [5.41, 5.74) is 0. The van der Waals surface area contributed by atoms with Crippen LogP contribution in [0.2, 0.25) is 0 Å². The molecule has 0 aromatic heterocycles. The van der Waals surface area contributed by atoms with Crippen molar-refractivity contribution < 1.29 is 18.3 Å². The topological polar surface area (TPSA) is 29.5 Å². The third kappa shape index (κ3) is 3.26. The number of piperidine rings is 1. The van der Waals surface area contributed by atoms with Crippen molar-refractivity contribution >= 4 is 5.91 Å². The van der Waals surface area contributed by atoms with Crippen molar-refractivity contribution in [2.45, 2.75) is 32.5 Å². The molecular formula is C8H13F2NO2. The average Bonchev–Trinajstić information content (AvgIpc) is 2.03. The van der Waals surface area contributed by atoms with Crippen molar-refractivity contribution in [1.29, 1.82) is 0 Å². The number of likely N-dealkylation sites (tertiary alicyclic amines) is 1. The first-order chi connectivity index (χ1) is 6.09. The van der Waals surface area contributed by atoms with E-state index in [1.54, 1.807) is 0 Å². The Labute approximate surface area is 75.7 Å². The monoisotopic (exact) mass is 193 g/mol. The van der Waals surface area contributed by atoms with Crippen LogP contribution in [-0.4, -0.2) is 36.6 Å². The first kappa shape index (κ1) is 10.4. The van der Waals surface area contributed by atoms with E-state index in [1.165, 1.54) is 11.8 Å². The van der Waals surface area contributed by atoms with Gasteiger partial charge in [-0.05, 0) is 12.8 Å². The Kier molecular flexibility index (Phi) is 3.59. The number of nitrogens with zero attached hydrogens (tertiary/aromatic N) is 1. The van der Waals surface area contributed by atoms with Gasteiger partial charge in [0.25, 0.3) is 0 Å². The van der Waals surface area contributed by atoms with Crippen LogP contribution in [0.4, 0.5) is 8.78 Å². The molecule has 1 heterocycles. The predicted octanol–water partition coefficient (Wildman–Crippen LogP) is 1.24. The summed E-state index contributed by atoms with van der Waals surface area (Å²) in [5, 5.41) is 0. The first-order valence-corrected chi connectivity index (χ1v) is 4.28. The molecule has 0 saturated carbocycles. The Morgan fingerprint density at radius 3 is 2.85 bits per heavy atom. The van der Waals surface area contributed by atoms with E-state index in [9.17, 15) is 13.6 Å². The summed E-state index contributed by atoms with van der Waals surface area (Å²) in [7, 11) is 0. The van der Waals surface area contributed by atoms with Crippen LogP contribution in [0.3, 0.4) is 0 Å². The van der Waals surface area contributed by atoms with E-state index in [0.29, 0.717) is 19.5 Å². The molecule has 13 heavy (non-hydrogen) atoms. The van der Waals surface area contributed by atoms with Crippen LogP contribution < -0.4 is 0 Å². The Morgan fingerprint density at radius 1 is 1.62 bits per heavy atom. The normalized spacial score (nSPS) is 23.7. The van der Waals surface area contributed by atoms with Gasteiger partial charge in [0, 0.05) is 20.0 Å². The highest BCUT2D eigenvalue weighted by molar-refractivity contribution is 5.73. The van der Waals surface area contributed by atoms with Gasteiger partial charge < -0.3 is 9.64 Å². The second kappa shape index (κ2) is 4.50. The highest BCUT2D eigenvalue weighted by Gasteiger charge is 2.24. The molecule has 1 unspecified atom stereocenters. The number of alkyl halides is 2. The van der Waals surface area contributed by atoms with Crippen molar-refractivity contribution in [2.24, 2.45) is 0 Å². The van der Waals surface area contributed by atoms with E-state index in [0.717, 1.165) is 6.42 Å². The molecule has 0 N–H and O–H groups in total. The molecule has 0 aliphatic carbocycles. The molecule has 1 fully saturated rings. The average molecular weight is 193 g/mol. The van der Waals surface area contributed by atoms with E-state index in [-0.39, 0.29) is 5.91 Å². The molecule has 1 aliphatic rings. The number of rotatable bonds is 2. The maximum Gasteiger partial charge on any atom is 0.345 e.